The number of nitrogens with zero attached hydrogens (tertiary/aromatic N) is 1. The van der Waals surface area contributed by atoms with Gasteiger partial charge >= 0.3 is 6.09 Å². The van der Waals surface area contributed by atoms with Gasteiger partial charge in [-0.1, -0.05) is 0 Å². The second-order valence-corrected chi connectivity index (χ2v) is 5.92. The second kappa shape index (κ2) is 5.39. The molecular weight excluding hydrogens is 244 g/mol. The summed E-state index contributed by atoms with van der Waals surface area (Å²) in [5.41, 5.74) is 0. The first-order valence-electron chi connectivity index (χ1n) is 7.51. The van der Waals surface area contributed by atoms with Gasteiger partial charge in [0.25, 0.3) is 0 Å². The number of nitrogens with one attached hydrogen (secondary N) is 1. The van der Waals surface area contributed by atoms with Gasteiger partial charge in [-0.2, -0.15) is 0 Å². The van der Waals surface area contributed by atoms with Gasteiger partial charge in [-0.25, -0.2) is 4.79 Å². The second-order valence-electron chi connectivity index (χ2n) is 5.92. The Morgan fingerprint density at radius 3 is 2.42 bits per heavy atom. The van der Waals surface area contributed by atoms with E-state index in [-0.39, 0.29) is 24.1 Å². The monoisotopic (exact) mass is 266 g/mol. The summed E-state index contributed by atoms with van der Waals surface area (Å²) in [6.45, 7) is 0.647. The number of carbonyl (C=O) groups is 2. The maximum atomic E-state index is 12.1. The summed E-state index contributed by atoms with van der Waals surface area (Å²) >= 11 is 0. The minimum absolute atomic E-state index is 0.00312. The molecule has 1 unspecified atom stereocenters. The lowest BCUT2D eigenvalue weighted by Crippen LogP contribution is -2.47. The number of hydrogen-bond donors (Lipinski definition) is 1. The zero-order valence-electron chi connectivity index (χ0n) is 11.3. The van der Waals surface area contributed by atoms with Crippen molar-refractivity contribution >= 4 is 12.0 Å². The first kappa shape index (κ1) is 12.8. The predicted molar refractivity (Wildman–Crippen MR) is 69.6 cm³/mol. The molecule has 3 aliphatic rings. The Morgan fingerprint density at radius 1 is 1.00 bits per heavy atom. The molecule has 2 amide bonds. The van der Waals surface area contributed by atoms with Crippen LogP contribution in [0.5, 0.6) is 0 Å². The van der Waals surface area contributed by atoms with Gasteiger partial charge in [-0.05, 0) is 51.4 Å². The SMILES string of the molecule is O=C(NC1CC1)C1CCCN1C(=O)OC1CCCC1. The molecule has 19 heavy (non-hydrogen) atoms. The molecular formula is C14H22N2O3. The fourth-order valence-electron chi connectivity index (χ4n) is 3.00. The fraction of sp³-hybridized carbons (Fsp3) is 0.857. The molecule has 3 fully saturated rings. The van der Waals surface area contributed by atoms with Crippen molar-refractivity contribution < 1.29 is 14.3 Å². The average Bonchev–Trinajstić information content (AvgIpc) is 2.91. The first-order valence-corrected chi connectivity index (χ1v) is 7.51. The van der Waals surface area contributed by atoms with E-state index in [0.29, 0.717) is 12.6 Å². The molecule has 0 aromatic carbocycles. The predicted octanol–water partition coefficient (Wildman–Crippen LogP) is 1.81. The van der Waals surface area contributed by atoms with Gasteiger partial charge in [0.15, 0.2) is 0 Å². The van der Waals surface area contributed by atoms with Crippen molar-refractivity contribution in [3.8, 4) is 0 Å². The molecule has 2 aliphatic carbocycles. The highest BCUT2D eigenvalue weighted by Crippen LogP contribution is 2.25. The molecule has 1 aliphatic heterocycles. The van der Waals surface area contributed by atoms with Gasteiger partial charge in [0, 0.05) is 12.6 Å². The molecule has 1 heterocycles. The number of ether oxygens (including phenoxy) is 1. The highest BCUT2D eigenvalue weighted by molar-refractivity contribution is 5.86. The number of amides is 2. The molecule has 1 saturated heterocycles. The van der Waals surface area contributed by atoms with Crippen LogP contribution in [0.2, 0.25) is 0 Å². The molecule has 1 atom stereocenters. The molecule has 0 aromatic heterocycles. The molecule has 106 valence electrons. The van der Waals surface area contributed by atoms with Crippen LogP contribution in [0.1, 0.15) is 51.4 Å². The summed E-state index contributed by atoms with van der Waals surface area (Å²) in [6.07, 6.45) is 7.81. The van der Waals surface area contributed by atoms with Crippen molar-refractivity contribution in [2.75, 3.05) is 6.54 Å². The van der Waals surface area contributed by atoms with Crippen molar-refractivity contribution in [3.63, 3.8) is 0 Å². The Bertz CT molecular complexity index is 362. The summed E-state index contributed by atoms with van der Waals surface area (Å²) < 4.78 is 5.50. The van der Waals surface area contributed by atoms with Crippen molar-refractivity contribution in [1.29, 1.82) is 0 Å². The third kappa shape index (κ3) is 3.01. The number of hydrogen-bond acceptors (Lipinski definition) is 3. The topological polar surface area (TPSA) is 58.6 Å². The van der Waals surface area contributed by atoms with E-state index in [4.69, 9.17) is 4.74 Å². The van der Waals surface area contributed by atoms with Crippen LogP contribution < -0.4 is 5.32 Å². The standard InChI is InChI=1S/C14H22N2O3/c17-13(15-10-7-8-10)12-6-3-9-16(12)14(18)19-11-4-1-2-5-11/h10-12H,1-9H2,(H,15,17). The maximum Gasteiger partial charge on any atom is 0.410 e. The van der Waals surface area contributed by atoms with Crippen LogP contribution >= 0.6 is 0 Å². The zero-order chi connectivity index (χ0) is 13.2. The smallest absolute Gasteiger partial charge is 0.410 e. The van der Waals surface area contributed by atoms with E-state index in [9.17, 15) is 9.59 Å². The number of carbonyl (C=O) groups excluding carboxylic acids is 2. The lowest BCUT2D eigenvalue weighted by molar-refractivity contribution is -0.125. The molecule has 0 aromatic rings. The number of rotatable bonds is 3. The third-order valence-electron chi connectivity index (χ3n) is 4.28. The number of likely N-dealkylation sites (tertiary alicyclic amines) is 1. The van der Waals surface area contributed by atoms with Crippen LogP contribution in [0.15, 0.2) is 0 Å². The molecule has 0 bridgehead atoms. The van der Waals surface area contributed by atoms with Gasteiger partial charge in [0.2, 0.25) is 5.91 Å². The zero-order valence-corrected chi connectivity index (χ0v) is 11.3. The van der Waals surface area contributed by atoms with Crippen molar-refractivity contribution in [1.82, 2.24) is 10.2 Å². The lowest BCUT2D eigenvalue weighted by Gasteiger charge is -2.25. The molecule has 5 heteroatoms. The minimum atomic E-state index is -0.311. The van der Waals surface area contributed by atoms with E-state index in [0.717, 1.165) is 51.4 Å². The Balaban J connectivity index is 1.54. The highest BCUT2D eigenvalue weighted by atomic mass is 16.6. The largest absolute Gasteiger partial charge is 0.446 e. The van der Waals surface area contributed by atoms with E-state index < -0.39 is 0 Å². The normalized spacial score (nSPS) is 27.6. The summed E-state index contributed by atoms with van der Waals surface area (Å²) in [7, 11) is 0. The Hall–Kier alpha value is -1.26. The van der Waals surface area contributed by atoms with E-state index in [1.54, 1.807) is 4.90 Å². The van der Waals surface area contributed by atoms with E-state index in [1.165, 1.54) is 0 Å². The highest BCUT2D eigenvalue weighted by Gasteiger charge is 2.38. The van der Waals surface area contributed by atoms with Crippen LogP contribution in [-0.2, 0) is 9.53 Å². The third-order valence-corrected chi connectivity index (χ3v) is 4.28. The van der Waals surface area contributed by atoms with Gasteiger partial charge in [-0.3, -0.25) is 9.69 Å². The van der Waals surface area contributed by atoms with Crippen LogP contribution in [0.25, 0.3) is 0 Å². The first-order chi connectivity index (χ1) is 9.24. The van der Waals surface area contributed by atoms with Crippen LogP contribution in [0, 0.1) is 0 Å². The molecule has 2 saturated carbocycles. The Kier molecular flexibility index (Phi) is 3.62. The van der Waals surface area contributed by atoms with Gasteiger partial charge in [0.1, 0.15) is 12.1 Å². The van der Waals surface area contributed by atoms with Gasteiger partial charge in [0.05, 0.1) is 0 Å². The van der Waals surface area contributed by atoms with E-state index in [1.807, 2.05) is 0 Å². The van der Waals surface area contributed by atoms with Crippen molar-refractivity contribution in [2.24, 2.45) is 0 Å². The summed E-state index contributed by atoms with van der Waals surface area (Å²) in [5, 5.41) is 2.99. The summed E-state index contributed by atoms with van der Waals surface area (Å²) in [6, 6.07) is 0.0373. The Labute approximate surface area is 113 Å². The van der Waals surface area contributed by atoms with Crippen LogP contribution in [0.3, 0.4) is 0 Å². The molecule has 0 radical (unpaired) electrons. The van der Waals surface area contributed by atoms with Crippen molar-refractivity contribution in [3.05, 3.63) is 0 Å². The minimum Gasteiger partial charge on any atom is -0.446 e. The van der Waals surface area contributed by atoms with Crippen molar-refractivity contribution in [2.45, 2.75) is 69.6 Å². The van der Waals surface area contributed by atoms with E-state index >= 15 is 0 Å². The van der Waals surface area contributed by atoms with Gasteiger partial charge < -0.3 is 10.1 Å². The maximum absolute atomic E-state index is 12.1. The lowest BCUT2D eigenvalue weighted by atomic mass is 10.2. The molecule has 5 nitrogen and oxygen atoms in total. The average molecular weight is 266 g/mol. The van der Waals surface area contributed by atoms with Gasteiger partial charge in [-0.15, -0.1) is 0 Å². The fourth-order valence-corrected chi connectivity index (χ4v) is 3.00. The Morgan fingerprint density at radius 2 is 1.74 bits per heavy atom. The van der Waals surface area contributed by atoms with Crippen LogP contribution in [0.4, 0.5) is 4.79 Å². The van der Waals surface area contributed by atoms with E-state index in [2.05, 4.69) is 5.32 Å². The van der Waals surface area contributed by atoms with Crippen LogP contribution in [-0.4, -0.2) is 41.6 Å². The summed E-state index contributed by atoms with van der Waals surface area (Å²) in [4.78, 5) is 25.8. The molecule has 3 rings (SSSR count). The molecule has 0 spiro atoms. The molecule has 1 N–H and O–H groups in total. The quantitative estimate of drug-likeness (QED) is 0.847. The summed E-state index contributed by atoms with van der Waals surface area (Å²) in [5.74, 6) is 0.00312.